The van der Waals surface area contributed by atoms with Gasteiger partial charge in [-0.2, -0.15) is 0 Å². The molecule has 2 aromatic carbocycles. The number of hydrogen-bond donors (Lipinski definition) is 1. The van der Waals surface area contributed by atoms with Gasteiger partial charge in [0.05, 0.1) is 4.90 Å². The van der Waals surface area contributed by atoms with Gasteiger partial charge in [0.25, 0.3) is 0 Å². The Morgan fingerprint density at radius 1 is 1.09 bits per heavy atom. The zero-order valence-electron chi connectivity index (χ0n) is 17.7. The topological polar surface area (TPSA) is 71.2 Å². The third-order valence-electron chi connectivity index (χ3n) is 5.53. The molecule has 1 saturated heterocycles. The van der Waals surface area contributed by atoms with E-state index < -0.39 is 24.0 Å². The molecule has 4 rings (SSSR count). The lowest BCUT2D eigenvalue weighted by molar-refractivity contribution is 0.0902. The van der Waals surface area contributed by atoms with E-state index in [-0.39, 0.29) is 10.5 Å². The minimum absolute atomic E-state index is 0.212. The molecule has 0 atom stereocenters. The lowest BCUT2D eigenvalue weighted by Crippen LogP contribution is -2.29. The van der Waals surface area contributed by atoms with Gasteiger partial charge in [0.1, 0.15) is 18.2 Å². The van der Waals surface area contributed by atoms with Crippen LogP contribution < -0.4 is 0 Å². The van der Waals surface area contributed by atoms with Crippen LogP contribution in [0.2, 0.25) is 0 Å². The SMILES string of the molecule is Cn1c(Sc2c(F)cc(C(=O)CO)cc2F)nnc1-c1cccc(CN2CCCCC2)c1. The number of aromatic nitrogens is 3. The zero-order chi connectivity index (χ0) is 22.7. The number of ketones is 1. The molecule has 168 valence electrons. The Kier molecular flexibility index (Phi) is 6.98. The van der Waals surface area contributed by atoms with Crippen molar-refractivity contribution in [2.24, 2.45) is 7.05 Å². The molecule has 1 aliphatic heterocycles. The van der Waals surface area contributed by atoms with Gasteiger partial charge in [0, 0.05) is 24.7 Å². The second-order valence-electron chi connectivity index (χ2n) is 7.85. The number of halogens is 2. The number of benzene rings is 2. The van der Waals surface area contributed by atoms with Crippen molar-refractivity contribution in [3.8, 4) is 11.4 Å². The van der Waals surface area contributed by atoms with Gasteiger partial charge in [-0.15, -0.1) is 10.2 Å². The maximum absolute atomic E-state index is 14.5. The van der Waals surface area contributed by atoms with E-state index >= 15 is 0 Å². The highest BCUT2D eigenvalue weighted by molar-refractivity contribution is 7.99. The molecular weight excluding hydrogens is 434 g/mol. The number of carbonyl (C=O) groups is 1. The van der Waals surface area contributed by atoms with E-state index in [0.29, 0.717) is 11.0 Å². The van der Waals surface area contributed by atoms with Gasteiger partial charge < -0.3 is 9.67 Å². The molecule has 0 bridgehead atoms. The number of carbonyl (C=O) groups excluding carboxylic acids is 1. The monoisotopic (exact) mass is 458 g/mol. The zero-order valence-corrected chi connectivity index (χ0v) is 18.5. The first-order chi connectivity index (χ1) is 15.5. The molecule has 2 heterocycles. The Morgan fingerprint density at radius 2 is 1.81 bits per heavy atom. The van der Waals surface area contributed by atoms with Crippen molar-refractivity contribution in [2.75, 3.05) is 19.7 Å². The highest BCUT2D eigenvalue weighted by Crippen LogP contribution is 2.33. The summed E-state index contributed by atoms with van der Waals surface area (Å²) < 4.78 is 30.6. The van der Waals surface area contributed by atoms with Crippen LogP contribution in [-0.4, -0.2) is 50.3 Å². The molecular formula is C23H24F2N4O2S. The molecule has 0 unspecified atom stereocenters. The molecule has 1 N–H and O–H groups in total. The molecule has 1 fully saturated rings. The Hall–Kier alpha value is -2.62. The number of likely N-dealkylation sites (tertiary alicyclic amines) is 1. The molecule has 0 saturated carbocycles. The number of Topliss-reactive ketones (excluding diaryl/α,β-unsaturated/α-hetero) is 1. The third-order valence-corrected chi connectivity index (χ3v) is 6.66. The molecule has 0 aliphatic carbocycles. The minimum Gasteiger partial charge on any atom is -0.388 e. The predicted octanol–water partition coefficient (Wildman–Crippen LogP) is 4.07. The lowest BCUT2D eigenvalue weighted by atomic mass is 10.1. The molecule has 32 heavy (non-hydrogen) atoms. The van der Waals surface area contributed by atoms with Crippen LogP contribution in [0.1, 0.15) is 35.2 Å². The highest BCUT2D eigenvalue weighted by atomic mass is 32.2. The molecule has 1 aliphatic rings. The van der Waals surface area contributed by atoms with Crippen LogP contribution >= 0.6 is 11.8 Å². The summed E-state index contributed by atoms with van der Waals surface area (Å²) >= 11 is 0.801. The van der Waals surface area contributed by atoms with Gasteiger partial charge >= 0.3 is 0 Å². The maximum atomic E-state index is 14.5. The molecule has 0 radical (unpaired) electrons. The van der Waals surface area contributed by atoms with E-state index in [9.17, 15) is 13.6 Å². The van der Waals surface area contributed by atoms with Crippen LogP contribution in [0.5, 0.6) is 0 Å². The predicted molar refractivity (Wildman–Crippen MR) is 117 cm³/mol. The van der Waals surface area contributed by atoms with Crippen LogP contribution in [0.4, 0.5) is 8.78 Å². The molecule has 1 aromatic heterocycles. The molecule has 9 heteroatoms. The summed E-state index contributed by atoms with van der Waals surface area (Å²) in [5.41, 5.74) is 1.85. The Morgan fingerprint density at radius 3 is 2.50 bits per heavy atom. The second-order valence-corrected chi connectivity index (χ2v) is 8.83. The number of nitrogens with zero attached hydrogens (tertiary/aromatic N) is 4. The average Bonchev–Trinajstić information content (AvgIpc) is 3.16. The van der Waals surface area contributed by atoms with Crippen LogP contribution in [0.3, 0.4) is 0 Å². The number of aliphatic hydroxyl groups excluding tert-OH is 1. The smallest absolute Gasteiger partial charge is 0.196 e. The van der Waals surface area contributed by atoms with E-state index in [1.165, 1.54) is 24.8 Å². The summed E-state index contributed by atoms with van der Waals surface area (Å²) in [5.74, 6) is -1.93. The third kappa shape index (κ3) is 4.90. The first-order valence-corrected chi connectivity index (χ1v) is 11.3. The highest BCUT2D eigenvalue weighted by Gasteiger charge is 2.20. The summed E-state index contributed by atoms with van der Waals surface area (Å²) in [4.78, 5) is 13.7. The van der Waals surface area contributed by atoms with E-state index in [2.05, 4.69) is 27.2 Å². The molecule has 0 amide bonds. The fourth-order valence-corrected chi connectivity index (χ4v) is 4.64. The van der Waals surface area contributed by atoms with Gasteiger partial charge in [-0.25, -0.2) is 8.78 Å². The number of aliphatic hydroxyl groups is 1. The Bertz CT molecular complexity index is 1110. The summed E-state index contributed by atoms with van der Waals surface area (Å²) in [6, 6.07) is 9.92. The van der Waals surface area contributed by atoms with Gasteiger partial charge in [0.2, 0.25) is 0 Å². The first kappa shape index (κ1) is 22.6. The van der Waals surface area contributed by atoms with Crippen molar-refractivity contribution < 1.29 is 18.7 Å². The Labute approximate surface area is 189 Å². The summed E-state index contributed by atoms with van der Waals surface area (Å²) in [6.07, 6.45) is 3.75. The van der Waals surface area contributed by atoms with E-state index in [1.54, 1.807) is 11.6 Å². The van der Waals surface area contributed by atoms with Crippen LogP contribution in [0.25, 0.3) is 11.4 Å². The number of hydrogen-bond acceptors (Lipinski definition) is 6. The number of piperidine rings is 1. The van der Waals surface area contributed by atoms with E-state index in [4.69, 9.17) is 5.11 Å². The van der Waals surface area contributed by atoms with Crippen molar-refractivity contribution in [1.82, 2.24) is 19.7 Å². The quantitative estimate of drug-likeness (QED) is 0.538. The van der Waals surface area contributed by atoms with Crippen LogP contribution in [-0.2, 0) is 13.6 Å². The van der Waals surface area contributed by atoms with Gasteiger partial charge in [0.15, 0.2) is 16.8 Å². The fraction of sp³-hybridized carbons (Fsp3) is 0.348. The fourth-order valence-electron chi connectivity index (χ4n) is 3.84. The van der Waals surface area contributed by atoms with E-state index in [1.807, 2.05) is 12.1 Å². The van der Waals surface area contributed by atoms with Crippen molar-refractivity contribution in [3.63, 3.8) is 0 Å². The van der Waals surface area contributed by atoms with Gasteiger partial charge in [-0.05, 0) is 61.5 Å². The average molecular weight is 459 g/mol. The normalized spacial score (nSPS) is 14.6. The van der Waals surface area contributed by atoms with Crippen LogP contribution in [0.15, 0.2) is 46.5 Å². The standard InChI is InChI=1S/C23H24F2N4O2S/c1-28-22(16-7-5-6-15(10-16)13-29-8-3-2-4-9-29)26-27-23(28)32-21-18(24)11-17(12-19(21)25)20(31)14-30/h5-7,10-12,30H,2-4,8-9,13-14H2,1H3. The van der Waals surface area contributed by atoms with Gasteiger partial charge in [-0.3, -0.25) is 9.69 Å². The van der Waals surface area contributed by atoms with Crippen molar-refractivity contribution in [3.05, 3.63) is 59.2 Å². The maximum Gasteiger partial charge on any atom is 0.196 e. The van der Waals surface area contributed by atoms with Crippen molar-refractivity contribution in [1.29, 1.82) is 0 Å². The van der Waals surface area contributed by atoms with Crippen molar-refractivity contribution >= 4 is 17.5 Å². The summed E-state index contributed by atoms with van der Waals surface area (Å²) in [5, 5.41) is 17.6. The number of rotatable bonds is 7. The molecule has 0 spiro atoms. The van der Waals surface area contributed by atoms with E-state index in [0.717, 1.165) is 49.1 Å². The molecule has 6 nitrogen and oxygen atoms in total. The minimum atomic E-state index is -0.889. The first-order valence-electron chi connectivity index (χ1n) is 10.5. The second kappa shape index (κ2) is 9.89. The summed E-state index contributed by atoms with van der Waals surface area (Å²) in [6.45, 7) is 2.28. The largest absolute Gasteiger partial charge is 0.388 e. The van der Waals surface area contributed by atoms with Crippen molar-refractivity contribution in [2.45, 2.75) is 35.9 Å². The molecule has 3 aromatic rings. The van der Waals surface area contributed by atoms with Crippen LogP contribution in [0, 0.1) is 11.6 Å². The lowest BCUT2D eigenvalue weighted by Gasteiger charge is -2.26. The summed E-state index contributed by atoms with van der Waals surface area (Å²) in [7, 11) is 1.74. The Balaban J connectivity index is 1.55. The van der Waals surface area contributed by atoms with Gasteiger partial charge in [-0.1, -0.05) is 24.6 Å².